The van der Waals surface area contributed by atoms with Crippen LogP contribution in [-0.4, -0.2) is 20.7 Å². The Kier molecular flexibility index (Phi) is 7.37. The van der Waals surface area contributed by atoms with E-state index in [1.54, 1.807) is 23.0 Å². The van der Waals surface area contributed by atoms with Crippen molar-refractivity contribution in [2.75, 3.05) is 0 Å². The van der Waals surface area contributed by atoms with E-state index in [1.807, 2.05) is 20.0 Å². The predicted octanol–water partition coefficient (Wildman–Crippen LogP) is 2.91. The highest BCUT2D eigenvalue weighted by Crippen LogP contribution is 2.25. The van der Waals surface area contributed by atoms with Gasteiger partial charge in [0.15, 0.2) is 11.8 Å². The molecular formula is C13H17Cl2IN6. The molecular weight excluding hydrogens is 438 g/mol. The first kappa shape index (κ1) is 19.0. The molecule has 0 radical (unpaired) electrons. The Morgan fingerprint density at radius 2 is 2.18 bits per heavy atom. The van der Waals surface area contributed by atoms with E-state index in [9.17, 15) is 0 Å². The minimum absolute atomic E-state index is 0. The van der Waals surface area contributed by atoms with Crippen LogP contribution in [-0.2, 0) is 13.6 Å². The Morgan fingerprint density at radius 1 is 1.45 bits per heavy atom. The van der Waals surface area contributed by atoms with E-state index in [0.29, 0.717) is 22.5 Å². The van der Waals surface area contributed by atoms with Gasteiger partial charge in [-0.15, -0.1) is 34.2 Å². The van der Waals surface area contributed by atoms with Gasteiger partial charge in [0.25, 0.3) is 0 Å². The zero-order chi connectivity index (χ0) is 15.4. The van der Waals surface area contributed by atoms with Gasteiger partial charge in [-0.05, 0) is 24.6 Å². The number of aromatic nitrogens is 3. The molecule has 1 unspecified atom stereocenters. The lowest BCUT2D eigenvalue weighted by Crippen LogP contribution is -2.34. The highest BCUT2D eigenvalue weighted by molar-refractivity contribution is 14.0. The van der Waals surface area contributed by atoms with Gasteiger partial charge in [-0.1, -0.05) is 29.3 Å². The van der Waals surface area contributed by atoms with Crippen LogP contribution in [0.2, 0.25) is 10.0 Å². The lowest BCUT2D eigenvalue weighted by Gasteiger charge is -2.16. The van der Waals surface area contributed by atoms with Crippen LogP contribution >= 0.6 is 47.2 Å². The molecule has 3 N–H and O–H groups in total. The molecule has 0 saturated carbocycles. The van der Waals surface area contributed by atoms with Crippen molar-refractivity contribution >= 4 is 53.1 Å². The minimum Gasteiger partial charge on any atom is -0.370 e. The number of hydrogen-bond donors (Lipinski definition) is 2. The van der Waals surface area contributed by atoms with Gasteiger partial charge in [0, 0.05) is 17.1 Å². The number of aliphatic imine (C=N–C) groups is 1. The molecule has 6 nitrogen and oxygen atoms in total. The number of nitrogens with two attached hydrogens (primary N) is 1. The maximum absolute atomic E-state index is 6.16. The summed E-state index contributed by atoms with van der Waals surface area (Å²) in [6.45, 7) is 2.30. The van der Waals surface area contributed by atoms with Gasteiger partial charge in [0.1, 0.15) is 12.9 Å². The molecule has 1 aromatic heterocycles. The smallest absolute Gasteiger partial charge is 0.189 e. The molecule has 0 saturated heterocycles. The van der Waals surface area contributed by atoms with E-state index in [0.717, 1.165) is 11.4 Å². The van der Waals surface area contributed by atoms with E-state index >= 15 is 0 Å². The molecule has 0 aliphatic rings. The van der Waals surface area contributed by atoms with Crippen molar-refractivity contribution < 1.29 is 0 Å². The van der Waals surface area contributed by atoms with E-state index in [2.05, 4.69) is 20.5 Å². The predicted molar refractivity (Wildman–Crippen MR) is 99.8 cm³/mol. The largest absolute Gasteiger partial charge is 0.370 e. The first-order chi connectivity index (χ1) is 9.97. The van der Waals surface area contributed by atoms with Crippen molar-refractivity contribution in [2.24, 2.45) is 17.8 Å². The van der Waals surface area contributed by atoms with E-state index in [4.69, 9.17) is 28.9 Å². The van der Waals surface area contributed by atoms with Gasteiger partial charge in [0.05, 0.1) is 6.04 Å². The van der Waals surface area contributed by atoms with Crippen molar-refractivity contribution in [3.8, 4) is 0 Å². The van der Waals surface area contributed by atoms with Crippen LogP contribution in [0.4, 0.5) is 0 Å². The van der Waals surface area contributed by atoms with Crippen molar-refractivity contribution in [1.29, 1.82) is 0 Å². The quantitative estimate of drug-likeness (QED) is 0.422. The molecule has 0 fully saturated rings. The lowest BCUT2D eigenvalue weighted by atomic mass is 10.1. The molecule has 0 amide bonds. The molecule has 22 heavy (non-hydrogen) atoms. The molecule has 1 atom stereocenters. The van der Waals surface area contributed by atoms with Crippen LogP contribution in [0, 0.1) is 0 Å². The second-order valence-corrected chi connectivity index (χ2v) is 5.44. The highest BCUT2D eigenvalue weighted by Gasteiger charge is 2.10. The van der Waals surface area contributed by atoms with Gasteiger partial charge < -0.3 is 15.6 Å². The van der Waals surface area contributed by atoms with Crippen molar-refractivity contribution in [1.82, 2.24) is 20.1 Å². The van der Waals surface area contributed by atoms with Gasteiger partial charge in [-0.3, -0.25) is 0 Å². The molecule has 1 aromatic carbocycles. The van der Waals surface area contributed by atoms with Gasteiger partial charge in [-0.2, -0.15) is 0 Å². The highest BCUT2D eigenvalue weighted by atomic mass is 127. The first-order valence-corrected chi connectivity index (χ1v) is 7.07. The lowest BCUT2D eigenvalue weighted by molar-refractivity contribution is 0.703. The number of rotatable bonds is 4. The summed E-state index contributed by atoms with van der Waals surface area (Å²) in [5, 5.41) is 12.0. The molecule has 0 spiro atoms. The number of benzene rings is 1. The summed E-state index contributed by atoms with van der Waals surface area (Å²) in [4.78, 5) is 4.23. The van der Waals surface area contributed by atoms with E-state index in [1.165, 1.54) is 0 Å². The summed E-state index contributed by atoms with van der Waals surface area (Å²) < 4.78 is 1.79. The maximum atomic E-state index is 6.16. The fourth-order valence-electron chi connectivity index (χ4n) is 1.80. The van der Waals surface area contributed by atoms with Crippen molar-refractivity contribution in [3.05, 3.63) is 46.0 Å². The Bertz CT molecular complexity index is 658. The molecule has 0 aliphatic carbocycles. The third-order valence-corrected chi connectivity index (χ3v) is 3.55. The summed E-state index contributed by atoms with van der Waals surface area (Å²) in [6.07, 6.45) is 1.62. The number of halogens is 3. The SMILES string of the molecule is CC(NC(N)=NCc1nncn1C)c1ccc(Cl)cc1Cl.I. The first-order valence-electron chi connectivity index (χ1n) is 6.31. The Morgan fingerprint density at radius 3 is 2.77 bits per heavy atom. The van der Waals surface area contributed by atoms with Crippen LogP contribution in [0.25, 0.3) is 0 Å². The fraction of sp³-hybridized carbons (Fsp3) is 0.308. The van der Waals surface area contributed by atoms with Gasteiger partial charge in [0.2, 0.25) is 0 Å². The van der Waals surface area contributed by atoms with Crippen LogP contribution in [0.15, 0.2) is 29.5 Å². The second kappa shape index (κ2) is 8.54. The zero-order valence-electron chi connectivity index (χ0n) is 12.1. The summed E-state index contributed by atoms with van der Waals surface area (Å²) in [6, 6.07) is 5.26. The van der Waals surface area contributed by atoms with Gasteiger partial charge >= 0.3 is 0 Å². The van der Waals surface area contributed by atoms with Crippen LogP contribution < -0.4 is 11.1 Å². The van der Waals surface area contributed by atoms with E-state index < -0.39 is 0 Å². The monoisotopic (exact) mass is 454 g/mol. The summed E-state index contributed by atoms with van der Waals surface area (Å²) in [5.41, 5.74) is 6.77. The number of nitrogens with one attached hydrogen (secondary N) is 1. The summed E-state index contributed by atoms with van der Waals surface area (Å²) >= 11 is 12.0. The topological polar surface area (TPSA) is 81.1 Å². The minimum atomic E-state index is -0.0852. The summed E-state index contributed by atoms with van der Waals surface area (Å²) in [7, 11) is 1.85. The Labute approximate surface area is 156 Å². The zero-order valence-corrected chi connectivity index (χ0v) is 16.0. The number of aryl methyl sites for hydroxylation is 1. The van der Waals surface area contributed by atoms with Crippen molar-refractivity contribution in [3.63, 3.8) is 0 Å². The van der Waals surface area contributed by atoms with Crippen LogP contribution in [0.5, 0.6) is 0 Å². The van der Waals surface area contributed by atoms with Gasteiger partial charge in [-0.25, -0.2) is 4.99 Å². The molecule has 2 rings (SSSR count). The Hall–Kier alpha value is -1.06. The molecule has 0 aliphatic heterocycles. The maximum Gasteiger partial charge on any atom is 0.189 e. The van der Waals surface area contributed by atoms with E-state index in [-0.39, 0.29) is 30.0 Å². The summed E-state index contributed by atoms with van der Waals surface area (Å²) in [5.74, 6) is 1.05. The second-order valence-electron chi connectivity index (χ2n) is 4.59. The van der Waals surface area contributed by atoms with Crippen LogP contribution in [0.3, 0.4) is 0 Å². The average molecular weight is 455 g/mol. The third kappa shape index (κ3) is 4.99. The normalized spacial score (nSPS) is 12.6. The average Bonchev–Trinajstić information content (AvgIpc) is 2.81. The molecule has 0 bridgehead atoms. The molecule has 9 heteroatoms. The number of hydrogen-bond acceptors (Lipinski definition) is 3. The third-order valence-electron chi connectivity index (χ3n) is 2.99. The molecule has 2 aromatic rings. The molecule has 1 heterocycles. The van der Waals surface area contributed by atoms with Crippen LogP contribution in [0.1, 0.15) is 24.4 Å². The number of nitrogens with zero attached hydrogens (tertiary/aromatic N) is 4. The molecule has 120 valence electrons. The fourth-order valence-corrected chi connectivity index (χ4v) is 2.38. The Balaban J connectivity index is 0.00000242. The number of guanidine groups is 1. The van der Waals surface area contributed by atoms with Crippen molar-refractivity contribution in [2.45, 2.75) is 19.5 Å². The standard InChI is InChI=1S/C13H16Cl2N6.HI/c1-8(10-4-3-9(14)5-11(10)15)19-13(16)17-6-12-20-18-7-21(12)2;/h3-5,7-8H,6H2,1-2H3,(H3,16,17,19);1H.